The minimum Gasteiger partial charge on any atom is -0.487 e. The fourth-order valence-corrected chi connectivity index (χ4v) is 2.21. The fourth-order valence-electron chi connectivity index (χ4n) is 1.73. The Labute approximate surface area is 132 Å². The van der Waals surface area contributed by atoms with Crippen molar-refractivity contribution in [3.8, 4) is 5.75 Å². The van der Waals surface area contributed by atoms with Gasteiger partial charge in [-0.2, -0.15) is 0 Å². The van der Waals surface area contributed by atoms with E-state index in [-0.39, 0.29) is 12.2 Å². The van der Waals surface area contributed by atoms with E-state index in [0.717, 1.165) is 10.2 Å². The molecule has 1 aliphatic rings. The first-order chi connectivity index (χ1) is 9.24. The molecular weight excluding hydrogens is 346 g/mol. The van der Waals surface area contributed by atoms with E-state index >= 15 is 0 Å². The number of benzene rings is 1. The SMILES string of the molecule is CC(C)(C)OC(=O)N1CC(Oc2ccc(Cl)c(Br)c2)C1. The summed E-state index contributed by atoms with van der Waals surface area (Å²) in [7, 11) is 0. The normalized spacial score (nSPS) is 15.8. The lowest BCUT2D eigenvalue weighted by atomic mass is 10.1. The van der Waals surface area contributed by atoms with Crippen LogP contribution in [0.1, 0.15) is 20.8 Å². The fraction of sp³-hybridized carbons (Fsp3) is 0.500. The van der Waals surface area contributed by atoms with Crippen LogP contribution in [0.25, 0.3) is 0 Å². The zero-order valence-electron chi connectivity index (χ0n) is 11.7. The van der Waals surface area contributed by atoms with Gasteiger partial charge in [-0.05, 0) is 54.9 Å². The summed E-state index contributed by atoms with van der Waals surface area (Å²) in [6.45, 7) is 6.63. The maximum atomic E-state index is 11.8. The highest BCUT2D eigenvalue weighted by atomic mass is 79.9. The largest absolute Gasteiger partial charge is 0.487 e. The Kier molecular flexibility index (Phi) is 4.49. The lowest BCUT2D eigenvalue weighted by Crippen LogP contribution is -2.57. The van der Waals surface area contributed by atoms with Crippen LogP contribution in [0, 0.1) is 0 Å². The summed E-state index contributed by atoms with van der Waals surface area (Å²) in [5.41, 5.74) is -0.468. The van der Waals surface area contributed by atoms with Crippen molar-refractivity contribution in [1.82, 2.24) is 4.90 Å². The van der Waals surface area contributed by atoms with Crippen LogP contribution in [0.15, 0.2) is 22.7 Å². The zero-order valence-corrected chi connectivity index (χ0v) is 14.0. The standard InChI is InChI=1S/C14H17BrClNO3/c1-14(2,3)20-13(18)17-7-10(8-17)19-9-4-5-12(16)11(15)6-9/h4-6,10H,7-8H2,1-3H3. The van der Waals surface area contributed by atoms with Crippen LogP contribution in [0.4, 0.5) is 4.79 Å². The highest BCUT2D eigenvalue weighted by molar-refractivity contribution is 9.10. The van der Waals surface area contributed by atoms with Crippen molar-refractivity contribution in [1.29, 1.82) is 0 Å². The molecule has 0 unspecified atom stereocenters. The van der Waals surface area contributed by atoms with E-state index in [9.17, 15) is 4.79 Å². The van der Waals surface area contributed by atoms with Gasteiger partial charge in [0.1, 0.15) is 17.5 Å². The molecule has 0 saturated carbocycles. The van der Waals surface area contributed by atoms with E-state index in [1.165, 1.54) is 0 Å². The maximum Gasteiger partial charge on any atom is 0.410 e. The number of carbonyl (C=O) groups excluding carboxylic acids is 1. The predicted octanol–water partition coefficient (Wildman–Crippen LogP) is 4.10. The van der Waals surface area contributed by atoms with E-state index in [4.69, 9.17) is 21.1 Å². The van der Waals surface area contributed by atoms with Crippen LogP contribution < -0.4 is 4.74 Å². The van der Waals surface area contributed by atoms with E-state index in [2.05, 4.69) is 15.9 Å². The van der Waals surface area contributed by atoms with Crippen molar-refractivity contribution in [2.24, 2.45) is 0 Å². The zero-order chi connectivity index (χ0) is 14.9. The molecule has 1 aromatic rings. The molecule has 0 bridgehead atoms. The molecule has 1 aliphatic heterocycles. The van der Waals surface area contributed by atoms with Crippen molar-refractivity contribution < 1.29 is 14.3 Å². The minimum atomic E-state index is -0.468. The van der Waals surface area contributed by atoms with Crippen molar-refractivity contribution in [2.75, 3.05) is 13.1 Å². The third-order valence-electron chi connectivity index (χ3n) is 2.69. The molecule has 6 heteroatoms. The van der Waals surface area contributed by atoms with Crippen molar-refractivity contribution in [3.05, 3.63) is 27.7 Å². The first-order valence-electron chi connectivity index (χ1n) is 6.34. The quantitative estimate of drug-likeness (QED) is 0.795. The number of amides is 1. The Hall–Kier alpha value is -0.940. The smallest absolute Gasteiger partial charge is 0.410 e. The third-order valence-corrected chi connectivity index (χ3v) is 3.91. The Balaban J connectivity index is 1.82. The molecule has 110 valence electrons. The first kappa shape index (κ1) is 15.4. The van der Waals surface area contributed by atoms with Gasteiger partial charge in [0.05, 0.1) is 18.1 Å². The Bertz CT molecular complexity index is 510. The van der Waals surface area contributed by atoms with Gasteiger partial charge in [-0.25, -0.2) is 4.79 Å². The topological polar surface area (TPSA) is 38.8 Å². The number of likely N-dealkylation sites (tertiary alicyclic amines) is 1. The molecule has 0 radical (unpaired) electrons. The molecule has 2 rings (SSSR count). The summed E-state index contributed by atoms with van der Waals surface area (Å²) >= 11 is 9.27. The van der Waals surface area contributed by atoms with Crippen LogP contribution in [0.2, 0.25) is 5.02 Å². The van der Waals surface area contributed by atoms with Crippen LogP contribution in [0.5, 0.6) is 5.75 Å². The van der Waals surface area contributed by atoms with Gasteiger partial charge in [0.15, 0.2) is 0 Å². The van der Waals surface area contributed by atoms with Gasteiger partial charge >= 0.3 is 6.09 Å². The summed E-state index contributed by atoms with van der Waals surface area (Å²) in [5, 5.41) is 0.640. The van der Waals surface area contributed by atoms with Crippen LogP contribution in [-0.2, 0) is 4.74 Å². The van der Waals surface area contributed by atoms with Crippen LogP contribution >= 0.6 is 27.5 Å². The number of halogens is 2. The molecule has 1 fully saturated rings. The van der Waals surface area contributed by atoms with Gasteiger partial charge < -0.3 is 14.4 Å². The molecule has 1 amide bonds. The number of rotatable bonds is 2. The second kappa shape index (κ2) is 5.82. The number of carbonyl (C=O) groups is 1. The molecule has 4 nitrogen and oxygen atoms in total. The van der Waals surface area contributed by atoms with Crippen molar-refractivity contribution in [2.45, 2.75) is 32.5 Å². The summed E-state index contributed by atoms with van der Waals surface area (Å²) in [6.07, 6.45) is -0.301. The highest BCUT2D eigenvalue weighted by Crippen LogP contribution is 2.28. The third kappa shape index (κ3) is 4.03. The average molecular weight is 363 g/mol. The molecule has 0 spiro atoms. The molecule has 20 heavy (non-hydrogen) atoms. The van der Waals surface area contributed by atoms with Crippen LogP contribution in [0.3, 0.4) is 0 Å². The second-order valence-electron chi connectivity index (χ2n) is 5.70. The Morgan fingerprint density at radius 3 is 2.60 bits per heavy atom. The monoisotopic (exact) mass is 361 g/mol. The molecule has 1 heterocycles. The molecule has 0 N–H and O–H groups in total. The lowest BCUT2D eigenvalue weighted by molar-refractivity contribution is -0.0221. The molecular formula is C14H17BrClNO3. The van der Waals surface area contributed by atoms with Gasteiger partial charge in [0, 0.05) is 4.47 Å². The number of hydrogen-bond donors (Lipinski definition) is 0. The summed E-state index contributed by atoms with van der Waals surface area (Å²) < 4.78 is 11.8. The Morgan fingerprint density at radius 1 is 1.40 bits per heavy atom. The van der Waals surface area contributed by atoms with E-state index in [0.29, 0.717) is 18.1 Å². The number of hydrogen-bond acceptors (Lipinski definition) is 3. The first-order valence-corrected chi connectivity index (χ1v) is 7.51. The molecule has 0 aromatic heterocycles. The average Bonchev–Trinajstić information content (AvgIpc) is 2.25. The van der Waals surface area contributed by atoms with Gasteiger partial charge in [-0.15, -0.1) is 0 Å². The minimum absolute atomic E-state index is 0.00408. The van der Waals surface area contributed by atoms with Gasteiger partial charge in [0.25, 0.3) is 0 Å². The van der Waals surface area contributed by atoms with E-state index in [1.807, 2.05) is 32.9 Å². The molecule has 1 aromatic carbocycles. The Morgan fingerprint density at radius 2 is 2.05 bits per heavy atom. The van der Waals surface area contributed by atoms with Crippen molar-refractivity contribution >= 4 is 33.6 Å². The van der Waals surface area contributed by atoms with Crippen molar-refractivity contribution in [3.63, 3.8) is 0 Å². The van der Waals surface area contributed by atoms with E-state index in [1.54, 1.807) is 11.0 Å². The summed E-state index contributed by atoms with van der Waals surface area (Å²) in [5.74, 6) is 0.732. The number of nitrogens with zero attached hydrogens (tertiary/aromatic N) is 1. The highest BCUT2D eigenvalue weighted by Gasteiger charge is 2.35. The van der Waals surface area contributed by atoms with Gasteiger partial charge in [-0.3, -0.25) is 0 Å². The van der Waals surface area contributed by atoms with E-state index < -0.39 is 5.60 Å². The molecule has 1 saturated heterocycles. The predicted molar refractivity (Wildman–Crippen MR) is 81.4 cm³/mol. The molecule has 0 aliphatic carbocycles. The van der Waals surface area contributed by atoms with Gasteiger partial charge in [-0.1, -0.05) is 11.6 Å². The summed E-state index contributed by atoms with van der Waals surface area (Å²) in [6, 6.07) is 5.40. The number of ether oxygens (including phenoxy) is 2. The molecule has 0 atom stereocenters. The maximum absolute atomic E-state index is 11.8. The van der Waals surface area contributed by atoms with Crippen LogP contribution in [-0.4, -0.2) is 35.8 Å². The van der Waals surface area contributed by atoms with Gasteiger partial charge in [0.2, 0.25) is 0 Å². The summed E-state index contributed by atoms with van der Waals surface area (Å²) in [4.78, 5) is 13.4. The lowest BCUT2D eigenvalue weighted by Gasteiger charge is -2.39. The second-order valence-corrected chi connectivity index (χ2v) is 6.96.